The number of hydrogen-bond acceptors (Lipinski definition) is 3. The highest BCUT2D eigenvalue weighted by Crippen LogP contribution is 1.78. The molecule has 0 aliphatic heterocycles. The van der Waals surface area contributed by atoms with Crippen molar-refractivity contribution in [3.63, 3.8) is 0 Å². The smallest absolute Gasteiger partial charge is 0.0215 e. The molecule has 28 heavy (non-hydrogen) atoms. The average molecular weight is 429 g/mol. The van der Waals surface area contributed by atoms with Crippen LogP contribution in [-0.4, -0.2) is 6.26 Å². The lowest BCUT2D eigenvalue weighted by Crippen LogP contribution is -2.02. The zero-order valence-electron chi connectivity index (χ0n) is 23.1. The van der Waals surface area contributed by atoms with Crippen molar-refractivity contribution in [2.45, 2.75) is 160 Å². The monoisotopic (exact) mass is 429 g/mol. The van der Waals surface area contributed by atoms with E-state index < -0.39 is 0 Å². The lowest BCUT2D eigenvalue weighted by Gasteiger charge is -1.68. The zero-order valence-corrected chi connectivity index (χ0v) is 24.0. The van der Waals surface area contributed by atoms with Crippen molar-refractivity contribution in [2.24, 2.45) is 11.7 Å². The summed E-state index contributed by atoms with van der Waals surface area (Å²) in [7, 11) is 0. The van der Waals surface area contributed by atoms with Crippen molar-refractivity contribution in [1.29, 1.82) is 0 Å². The van der Waals surface area contributed by atoms with Crippen LogP contribution < -0.4 is 11.7 Å². The predicted octanol–water partition coefficient (Wildman–Crippen LogP) is 10.2. The maximum absolute atomic E-state index is 4.00. The Kier molecular flexibility index (Phi) is 228. The van der Waals surface area contributed by atoms with Crippen LogP contribution in [-0.2, 0) is 0 Å². The van der Waals surface area contributed by atoms with Crippen LogP contribution in [0.1, 0.15) is 160 Å². The number of thiol groups is 1. The lowest BCUT2D eigenvalue weighted by atomic mass is 10.4. The normalized spacial score (nSPS) is 6.86. The summed E-state index contributed by atoms with van der Waals surface area (Å²) in [5, 5.41) is 0. The van der Waals surface area contributed by atoms with Crippen molar-refractivity contribution in [2.75, 3.05) is 6.26 Å². The van der Waals surface area contributed by atoms with Gasteiger partial charge >= 0.3 is 0 Å². The van der Waals surface area contributed by atoms with E-state index in [1.54, 1.807) is 6.26 Å². The van der Waals surface area contributed by atoms with E-state index in [4.69, 9.17) is 0 Å². The van der Waals surface area contributed by atoms with E-state index in [1.807, 2.05) is 0 Å². The van der Waals surface area contributed by atoms with Gasteiger partial charge in [0.15, 0.2) is 0 Å². The molecule has 0 spiro atoms. The van der Waals surface area contributed by atoms with E-state index in [-0.39, 0.29) is 0 Å². The topological polar surface area (TPSA) is 52.0 Å². The van der Waals surface area contributed by atoms with Gasteiger partial charge < -0.3 is 0 Å². The van der Waals surface area contributed by atoms with Crippen LogP contribution in [0, 0.1) is 0 Å². The Hall–Kier alpha value is 0.270. The summed E-state index contributed by atoms with van der Waals surface area (Å²) in [5.74, 6) is 8.00. The summed E-state index contributed by atoms with van der Waals surface area (Å²) in [6, 6.07) is 0. The summed E-state index contributed by atoms with van der Waals surface area (Å²) >= 11 is 3.53. The number of hydrazine groups is 1. The summed E-state index contributed by atoms with van der Waals surface area (Å²) in [4.78, 5) is 0. The van der Waals surface area contributed by atoms with Crippen molar-refractivity contribution in [1.82, 2.24) is 0 Å². The van der Waals surface area contributed by atoms with Gasteiger partial charge in [0.2, 0.25) is 0 Å². The standard InChI is InChI=1S/6C4H10.CH4S.H4N2/c6*1-3-4-2;2*1-2/h6*3-4H2,1-2H3;2H,1H3;1-2H2. The van der Waals surface area contributed by atoms with Crippen LogP contribution in [0.5, 0.6) is 0 Å². The first kappa shape index (κ1) is 51.2. The molecule has 0 saturated heterocycles. The van der Waals surface area contributed by atoms with Crippen molar-refractivity contribution in [3.05, 3.63) is 0 Å². The SMILES string of the molecule is CCCC.CCCC.CCCC.CCCC.CCCC.CCCC.CS.NN. The quantitative estimate of drug-likeness (QED) is 0.224. The Morgan fingerprint density at radius 3 is 0.321 bits per heavy atom. The maximum atomic E-state index is 4.00. The number of unbranched alkanes of at least 4 members (excludes halogenated alkanes) is 6. The van der Waals surface area contributed by atoms with Gasteiger partial charge in [-0.25, -0.2) is 0 Å². The van der Waals surface area contributed by atoms with Crippen LogP contribution in [0.15, 0.2) is 0 Å². The van der Waals surface area contributed by atoms with Gasteiger partial charge in [0, 0.05) is 0 Å². The van der Waals surface area contributed by atoms with Gasteiger partial charge in [-0.15, -0.1) is 0 Å². The highest BCUT2D eigenvalue weighted by molar-refractivity contribution is 7.79. The summed E-state index contributed by atoms with van der Waals surface area (Å²) < 4.78 is 0. The van der Waals surface area contributed by atoms with Gasteiger partial charge in [-0.2, -0.15) is 12.6 Å². The molecule has 0 fully saturated rings. The minimum atomic E-state index is 1.32. The van der Waals surface area contributed by atoms with Crippen molar-refractivity contribution < 1.29 is 0 Å². The maximum Gasteiger partial charge on any atom is -0.0215 e. The molecule has 0 heterocycles. The Morgan fingerprint density at radius 2 is 0.321 bits per heavy atom. The molecule has 0 aromatic carbocycles. The molecule has 0 amide bonds. The number of rotatable bonds is 6. The van der Waals surface area contributed by atoms with Crippen LogP contribution in [0.2, 0.25) is 0 Å². The zero-order chi connectivity index (χ0) is 24.5. The van der Waals surface area contributed by atoms with Crippen LogP contribution in [0.25, 0.3) is 0 Å². The lowest BCUT2D eigenvalue weighted by molar-refractivity contribution is 0.886. The largest absolute Gasteiger partial charge is 0.274 e. The Morgan fingerprint density at radius 1 is 0.286 bits per heavy atom. The Bertz CT molecular complexity index is 59.5. The fourth-order valence-electron chi connectivity index (χ4n) is 0. The number of nitrogens with two attached hydrogens (primary N) is 2. The first-order valence-electron chi connectivity index (χ1n) is 12.3. The third-order valence-corrected chi connectivity index (χ3v) is 3.00. The van der Waals surface area contributed by atoms with Gasteiger partial charge in [0.1, 0.15) is 0 Å². The fourth-order valence-corrected chi connectivity index (χ4v) is 0. The molecule has 3 heteroatoms. The van der Waals surface area contributed by atoms with Gasteiger partial charge in [0.25, 0.3) is 0 Å². The molecule has 184 valence electrons. The second-order valence-electron chi connectivity index (χ2n) is 6.00. The Balaban J connectivity index is -0.0000000276. The van der Waals surface area contributed by atoms with Gasteiger partial charge in [-0.05, 0) is 6.26 Å². The molecule has 2 nitrogen and oxygen atoms in total. The molecule has 0 saturated carbocycles. The molecule has 0 radical (unpaired) electrons. The van der Waals surface area contributed by atoms with E-state index in [0.717, 1.165) is 0 Å². The van der Waals surface area contributed by atoms with Crippen molar-refractivity contribution in [3.8, 4) is 0 Å². The molecule has 0 bridgehead atoms. The molecule has 0 aromatic heterocycles. The fraction of sp³-hybridized carbons (Fsp3) is 1.00. The highest BCUT2D eigenvalue weighted by atomic mass is 32.1. The van der Waals surface area contributed by atoms with Crippen LogP contribution in [0.4, 0.5) is 0 Å². The van der Waals surface area contributed by atoms with Crippen LogP contribution >= 0.6 is 12.6 Å². The second-order valence-corrected chi connectivity index (χ2v) is 6.00. The van der Waals surface area contributed by atoms with E-state index in [9.17, 15) is 0 Å². The third kappa shape index (κ3) is 427. The van der Waals surface area contributed by atoms with E-state index in [0.29, 0.717) is 0 Å². The Labute approximate surface area is 190 Å². The first-order chi connectivity index (χ1) is 13.5. The molecule has 0 aliphatic carbocycles. The van der Waals surface area contributed by atoms with Gasteiger partial charge in [-0.1, -0.05) is 160 Å². The van der Waals surface area contributed by atoms with Crippen molar-refractivity contribution >= 4 is 12.6 Å². The minimum Gasteiger partial charge on any atom is -0.274 e. The second kappa shape index (κ2) is 125. The molecule has 0 aliphatic rings. The minimum absolute atomic E-state index is 1.32. The number of hydrogen-bond donors (Lipinski definition) is 3. The molecular weight excluding hydrogens is 360 g/mol. The summed E-state index contributed by atoms with van der Waals surface area (Å²) in [6.07, 6.45) is 17.5. The van der Waals surface area contributed by atoms with E-state index in [1.165, 1.54) is 77.0 Å². The van der Waals surface area contributed by atoms with Gasteiger partial charge in [-0.3, -0.25) is 11.7 Å². The molecule has 0 unspecified atom stereocenters. The van der Waals surface area contributed by atoms with E-state index in [2.05, 4.69) is 107 Å². The predicted molar refractivity (Wildman–Crippen MR) is 147 cm³/mol. The average Bonchev–Trinajstić information content (AvgIpc) is 2.81. The van der Waals surface area contributed by atoms with E-state index >= 15 is 0 Å². The molecule has 0 rings (SSSR count). The highest BCUT2D eigenvalue weighted by Gasteiger charge is 1.58. The molecule has 0 atom stereocenters. The van der Waals surface area contributed by atoms with Crippen LogP contribution in [0.3, 0.4) is 0 Å². The molecular formula is C25H68N2S. The first-order valence-corrected chi connectivity index (χ1v) is 13.2. The third-order valence-electron chi connectivity index (χ3n) is 3.00. The summed E-state index contributed by atoms with van der Waals surface area (Å²) in [5.41, 5.74) is 0. The molecule has 0 aromatic rings. The summed E-state index contributed by atoms with van der Waals surface area (Å²) in [6.45, 7) is 26.2. The van der Waals surface area contributed by atoms with Gasteiger partial charge in [0.05, 0.1) is 0 Å². The molecule has 4 N–H and O–H groups in total.